The van der Waals surface area contributed by atoms with Crippen molar-refractivity contribution in [2.24, 2.45) is 0 Å². The molecule has 0 bridgehead atoms. The molecule has 0 saturated carbocycles. The highest BCUT2D eigenvalue weighted by Gasteiger charge is 2.26. The van der Waals surface area contributed by atoms with Gasteiger partial charge in [0.15, 0.2) is 0 Å². The predicted octanol–water partition coefficient (Wildman–Crippen LogP) is 2.11. The van der Waals surface area contributed by atoms with E-state index in [1.165, 1.54) is 6.42 Å². The number of piperidine rings is 1. The Kier molecular flexibility index (Phi) is 6.59. The zero-order valence-corrected chi connectivity index (χ0v) is 14.0. The first kappa shape index (κ1) is 17.5. The number of amides is 1. The zero-order chi connectivity index (χ0) is 16.7. The van der Waals surface area contributed by atoms with Crippen LogP contribution in [-0.2, 0) is 20.9 Å². The molecule has 0 aromatic heterocycles. The second-order valence-electron chi connectivity index (χ2n) is 6.22. The summed E-state index contributed by atoms with van der Waals surface area (Å²) < 4.78 is 5.14. The van der Waals surface area contributed by atoms with Gasteiger partial charge in [-0.25, -0.2) is 0 Å². The number of hydrogen-bond acceptors (Lipinski definition) is 4. The quantitative estimate of drug-likeness (QED) is 0.816. The number of carbonyl (C=O) groups is 2. The van der Waals surface area contributed by atoms with Gasteiger partial charge in [0.25, 0.3) is 0 Å². The van der Waals surface area contributed by atoms with E-state index in [2.05, 4.69) is 24.1 Å². The smallest absolute Gasteiger partial charge is 0.325 e. The fourth-order valence-corrected chi connectivity index (χ4v) is 2.97. The third kappa shape index (κ3) is 5.67. The molecule has 1 saturated heterocycles. The second-order valence-corrected chi connectivity index (χ2v) is 6.22. The van der Waals surface area contributed by atoms with Crippen LogP contribution >= 0.6 is 0 Å². The molecule has 1 aliphatic heterocycles. The van der Waals surface area contributed by atoms with E-state index in [0.717, 1.165) is 18.4 Å². The van der Waals surface area contributed by atoms with Crippen molar-refractivity contribution in [3.05, 3.63) is 35.9 Å². The Balaban J connectivity index is 1.68. The van der Waals surface area contributed by atoms with Crippen LogP contribution in [0, 0.1) is 0 Å². The fourth-order valence-electron chi connectivity index (χ4n) is 2.97. The van der Waals surface area contributed by atoms with Gasteiger partial charge in [0, 0.05) is 12.1 Å². The van der Waals surface area contributed by atoms with Crippen molar-refractivity contribution < 1.29 is 14.3 Å². The summed E-state index contributed by atoms with van der Waals surface area (Å²) in [5.41, 5.74) is 0.933. The molecular formula is C18H26N2O3. The molecule has 2 atom stereocenters. The maximum Gasteiger partial charge on any atom is 0.325 e. The Bertz CT molecular complexity index is 508. The van der Waals surface area contributed by atoms with Crippen LogP contribution in [0.15, 0.2) is 30.3 Å². The molecule has 1 aromatic rings. The first-order valence-electron chi connectivity index (χ1n) is 8.28. The van der Waals surface area contributed by atoms with E-state index in [1.807, 2.05) is 30.3 Å². The summed E-state index contributed by atoms with van der Waals surface area (Å²) in [4.78, 5) is 25.9. The van der Waals surface area contributed by atoms with E-state index >= 15 is 0 Å². The molecule has 23 heavy (non-hydrogen) atoms. The Morgan fingerprint density at radius 3 is 2.48 bits per heavy atom. The van der Waals surface area contributed by atoms with Gasteiger partial charge in [-0.05, 0) is 32.3 Å². The number of nitrogens with one attached hydrogen (secondary N) is 1. The molecular weight excluding hydrogens is 292 g/mol. The van der Waals surface area contributed by atoms with Gasteiger partial charge in [0.1, 0.15) is 13.2 Å². The van der Waals surface area contributed by atoms with Crippen molar-refractivity contribution in [3.63, 3.8) is 0 Å². The normalized spacial score (nSPS) is 21.7. The zero-order valence-electron chi connectivity index (χ0n) is 14.0. The fraction of sp³-hybridized carbons (Fsp3) is 0.556. The van der Waals surface area contributed by atoms with Crippen molar-refractivity contribution >= 4 is 11.9 Å². The lowest BCUT2D eigenvalue weighted by Gasteiger charge is -2.38. The summed E-state index contributed by atoms with van der Waals surface area (Å²) in [6.07, 6.45) is 3.46. The molecule has 0 aliphatic carbocycles. The summed E-state index contributed by atoms with van der Waals surface area (Å²) in [6, 6.07) is 10.3. The average Bonchev–Trinajstić information content (AvgIpc) is 2.55. The van der Waals surface area contributed by atoms with Gasteiger partial charge in [-0.1, -0.05) is 36.8 Å². The summed E-state index contributed by atoms with van der Waals surface area (Å²) in [7, 11) is 0. The molecule has 0 spiro atoms. The lowest BCUT2D eigenvalue weighted by molar-refractivity contribution is -0.145. The van der Waals surface area contributed by atoms with Crippen LogP contribution in [-0.4, -0.2) is 41.9 Å². The van der Waals surface area contributed by atoms with E-state index in [0.29, 0.717) is 18.6 Å². The number of benzene rings is 1. The van der Waals surface area contributed by atoms with E-state index < -0.39 is 5.97 Å². The second kappa shape index (κ2) is 8.67. The van der Waals surface area contributed by atoms with Gasteiger partial charge in [-0.2, -0.15) is 0 Å². The maximum atomic E-state index is 12.0. The number of nitrogens with zero attached hydrogens (tertiary/aromatic N) is 1. The van der Waals surface area contributed by atoms with Crippen LogP contribution in [0.1, 0.15) is 38.7 Å². The monoisotopic (exact) mass is 318 g/mol. The topological polar surface area (TPSA) is 58.6 Å². The highest BCUT2D eigenvalue weighted by Crippen LogP contribution is 2.21. The van der Waals surface area contributed by atoms with Crippen LogP contribution in [0.3, 0.4) is 0 Å². The van der Waals surface area contributed by atoms with Crippen LogP contribution in [0.5, 0.6) is 0 Å². The molecule has 2 unspecified atom stereocenters. The third-order valence-electron chi connectivity index (χ3n) is 4.37. The Hall–Kier alpha value is -1.88. The standard InChI is InChI=1S/C18H26N2O3/c1-14-7-6-8-15(2)20(14)12-17(21)19-11-18(22)23-13-16-9-4-3-5-10-16/h3-5,9-10,14-15H,6-8,11-13H2,1-2H3,(H,19,21). The molecule has 1 heterocycles. The first-order chi connectivity index (χ1) is 11.1. The lowest BCUT2D eigenvalue weighted by Crippen LogP contribution is -2.49. The minimum absolute atomic E-state index is 0.0811. The third-order valence-corrected chi connectivity index (χ3v) is 4.37. The lowest BCUT2D eigenvalue weighted by atomic mass is 9.97. The Morgan fingerprint density at radius 1 is 1.17 bits per heavy atom. The van der Waals surface area contributed by atoms with Gasteiger partial charge in [0.05, 0.1) is 6.54 Å². The minimum Gasteiger partial charge on any atom is -0.460 e. The molecule has 1 fully saturated rings. The summed E-state index contributed by atoms with van der Waals surface area (Å²) in [5.74, 6) is -0.538. The van der Waals surface area contributed by atoms with Gasteiger partial charge in [-0.3, -0.25) is 14.5 Å². The van der Waals surface area contributed by atoms with Crippen LogP contribution in [0.25, 0.3) is 0 Å². The molecule has 1 amide bonds. The Morgan fingerprint density at radius 2 is 1.83 bits per heavy atom. The highest BCUT2D eigenvalue weighted by atomic mass is 16.5. The van der Waals surface area contributed by atoms with Gasteiger partial charge in [-0.15, -0.1) is 0 Å². The van der Waals surface area contributed by atoms with E-state index in [-0.39, 0.29) is 19.1 Å². The molecule has 126 valence electrons. The van der Waals surface area contributed by atoms with Crippen molar-refractivity contribution in [1.29, 1.82) is 0 Å². The van der Waals surface area contributed by atoms with Crippen molar-refractivity contribution in [3.8, 4) is 0 Å². The maximum absolute atomic E-state index is 12.0. The van der Waals surface area contributed by atoms with Crippen molar-refractivity contribution in [1.82, 2.24) is 10.2 Å². The number of rotatable bonds is 6. The van der Waals surface area contributed by atoms with Crippen LogP contribution in [0.4, 0.5) is 0 Å². The minimum atomic E-state index is -0.415. The van der Waals surface area contributed by atoms with Crippen LogP contribution in [0.2, 0.25) is 0 Å². The molecule has 1 N–H and O–H groups in total. The number of ether oxygens (including phenoxy) is 1. The van der Waals surface area contributed by atoms with Gasteiger partial charge >= 0.3 is 5.97 Å². The molecule has 1 aromatic carbocycles. The SMILES string of the molecule is CC1CCCC(C)N1CC(=O)NCC(=O)OCc1ccccc1. The highest BCUT2D eigenvalue weighted by molar-refractivity contribution is 5.83. The predicted molar refractivity (Wildman–Crippen MR) is 88.7 cm³/mol. The molecule has 2 rings (SSSR count). The van der Waals surface area contributed by atoms with Crippen molar-refractivity contribution in [2.75, 3.05) is 13.1 Å². The average molecular weight is 318 g/mol. The molecule has 5 heteroatoms. The first-order valence-corrected chi connectivity index (χ1v) is 8.28. The molecule has 1 aliphatic rings. The summed E-state index contributed by atoms with van der Waals surface area (Å²) in [5, 5.41) is 2.65. The number of esters is 1. The summed E-state index contributed by atoms with van der Waals surface area (Å²) >= 11 is 0. The number of likely N-dealkylation sites (tertiary alicyclic amines) is 1. The molecule has 0 radical (unpaired) electrons. The van der Waals surface area contributed by atoms with E-state index in [9.17, 15) is 9.59 Å². The number of hydrogen-bond donors (Lipinski definition) is 1. The van der Waals surface area contributed by atoms with Gasteiger partial charge < -0.3 is 10.1 Å². The largest absolute Gasteiger partial charge is 0.460 e. The van der Waals surface area contributed by atoms with E-state index in [1.54, 1.807) is 0 Å². The van der Waals surface area contributed by atoms with E-state index in [4.69, 9.17) is 4.74 Å². The van der Waals surface area contributed by atoms with Crippen LogP contribution < -0.4 is 5.32 Å². The van der Waals surface area contributed by atoms with Crippen molar-refractivity contribution in [2.45, 2.75) is 51.8 Å². The Labute approximate surface area is 138 Å². The molecule has 5 nitrogen and oxygen atoms in total. The number of carbonyl (C=O) groups excluding carboxylic acids is 2. The summed E-state index contributed by atoms with van der Waals surface area (Å²) in [6.45, 7) is 4.79. The van der Waals surface area contributed by atoms with Gasteiger partial charge in [0.2, 0.25) is 5.91 Å².